The zero-order chi connectivity index (χ0) is 13.8. The van der Waals surface area contributed by atoms with Crippen LogP contribution in [-0.4, -0.2) is 46.9 Å². The molecule has 0 aromatic heterocycles. The number of benzene rings is 1. The van der Waals surface area contributed by atoms with Gasteiger partial charge in [0.15, 0.2) is 6.10 Å². The summed E-state index contributed by atoms with van der Waals surface area (Å²) in [7, 11) is 0. The van der Waals surface area contributed by atoms with Gasteiger partial charge in [0.25, 0.3) is 0 Å². The van der Waals surface area contributed by atoms with Crippen molar-refractivity contribution in [2.75, 3.05) is 19.7 Å². The molecule has 5 heteroatoms. The molecule has 1 aromatic rings. The number of aromatic hydroxyl groups is 1. The van der Waals surface area contributed by atoms with Crippen LogP contribution in [0.5, 0.6) is 5.75 Å². The highest BCUT2D eigenvalue weighted by molar-refractivity contribution is 5.72. The second-order valence-electron chi connectivity index (χ2n) is 4.71. The van der Waals surface area contributed by atoms with Crippen molar-refractivity contribution < 1.29 is 19.7 Å². The SMILES string of the molecule is CCC(c1ccc(O)cc1)N1CCOC(C(=O)O)C1. The molecule has 1 fully saturated rings. The van der Waals surface area contributed by atoms with Gasteiger partial charge in [0.2, 0.25) is 0 Å². The minimum Gasteiger partial charge on any atom is -0.508 e. The molecule has 1 saturated heterocycles. The number of rotatable bonds is 4. The first kappa shape index (κ1) is 13.8. The Morgan fingerprint density at radius 1 is 1.47 bits per heavy atom. The number of aliphatic carboxylic acids is 1. The number of carboxylic acids is 1. The lowest BCUT2D eigenvalue weighted by Gasteiger charge is -2.36. The number of hydrogen-bond acceptors (Lipinski definition) is 4. The van der Waals surface area contributed by atoms with Gasteiger partial charge in [-0.3, -0.25) is 4.90 Å². The first-order valence-electron chi connectivity index (χ1n) is 6.49. The summed E-state index contributed by atoms with van der Waals surface area (Å²) in [5.74, 6) is -0.672. The van der Waals surface area contributed by atoms with E-state index in [0.29, 0.717) is 13.2 Å². The Hall–Kier alpha value is -1.59. The predicted molar refractivity (Wildman–Crippen MR) is 70.1 cm³/mol. The monoisotopic (exact) mass is 265 g/mol. The maximum atomic E-state index is 11.0. The predicted octanol–water partition coefficient (Wildman–Crippen LogP) is 1.63. The highest BCUT2D eigenvalue weighted by Crippen LogP contribution is 2.27. The van der Waals surface area contributed by atoms with Crippen molar-refractivity contribution in [2.45, 2.75) is 25.5 Å². The molecule has 1 aromatic carbocycles. The largest absolute Gasteiger partial charge is 0.508 e. The van der Waals surface area contributed by atoms with Gasteiger partial charge in [-0.05, 0) is 24.1 Å². The Morgan fingerprint density at radius 3 is 2.74 bits per heavy atom. The van der Waals surface area contributed by atoms with Gasteiger partial charge in [0.1, 0.15) is 5.75 Å². The van der Waals surface area contributed by atoms with Gasteiger partial charge < -0.3 is 14.9 Å². The van der Waals surface area contributed by atoms with Gasteiger partial charge in [-0.15, -0.1) is 0 Å². The molecule has 5 nitrogen and oxygen atoms in total. The van der Waals surface area contributed by atoms with Gasteiger partial charge in [0.05, 0.1) is 6.61 Å². The highest BCUT2D eigenvalue weighted by Gasteiger charge is 2.30. The summed E-state index contributed by atoms with van der Waals surface area (Å²) in [4.78, 5) is 13.1. The van der Waals surface area contributed by atoms with Crippen molar-refractivity contribution >= 4 is 5.97 Å². The number of hydrogen-bond donors (Lipinski definition) is 2. The van der Waals surface area contributed by atoms with Crippen LogP contribution < -0.4 is 0 Å². The van der Waals surface area contributed by atoms with Crippen molar-refractivity contribution in [2.24, 2.45) is 0 Å². The highest BCUT2D eigenvalue weighted by atomic mass is 16.5. The molecule has 0 spiro atoms. The summed E-state index contributed by atoms with van der Waals surface area (Å²) in [6.45, 7) is 3.63. The van der Waals surface area contributed by atoms with E-state index in [1.165, 1.54) is 0 Å². The van der Waals surface area contributed by atoms with Crippen LogP contribution in [0.25, 0.3) is 0 Å². The Bertz CT molecular complexity index is 432. The van der Waals surface area contributed by atoms with E-state index in [0.717, 1.165) is 18.5 Å². The van der Waals surface area contributed by atoms with Crippen molar-refractivity contribution in [3.05, 3.63) is 29.8 Å². The molecule has 1 heterocycles. The standard InChI is InChI=1S/C14H19NO4/c1-2-12(10-3-5-11(16)6-4-10)15-7-8-19-13(9-15)14(17)18/h3-6,12-13,16H,2,7-9H2,1H3,(H,17,18). The topological polar surface area (TPSA) is 70.0 Å². The smallest absolute Gasteiger partial charge is 0.334 e. The average molecular weight is 265 g/mol. The quantitative estimate of drug-likeness (QED) is 0.866. The summed E-state index contributed by atoms with van der Waals surface area (Å²) < 4.78 is 5.24. The Kier molecular flexibility index (Phi) is 4.39. The minimum absolute atomic E-state index is 0.159. The maximum Gasteiger partial charge on any atom is 0.334 e. The van der Waals surface area contributed by atoms with Gasteiger partial charge in [-0.1, -0.05) is 19.1 Å². The maximum absolute atomic E-state index is 11.0. The molecule has 2 N–H and O–H groups in total. The molecule has 0 bridgehead atoms. The molecule has 19 heavy (non-hydrogen) atoms. The molecule has 2 unspecified atom stereocenters. The molecule has 1 aliphatic rings. The van der Waals surface area contributed by atoms with Crippen LogP contribution >= 0.6 is 0 Å². The fourth-order valence-electron chi connectivity index (χ4n) is 2.50. The number of ether oxygens (including phenoxy) is 1. The van der Waals surface area contributed by atoms with Crippen LogP contribution in [0.4, 0.5) is 0 Å². The second kappa shape index (κ2) is 6.04. The lowest BCUT2D eigenvalue weighted by atomic mass is 10.0. The normalized spacial score (nSPS) is 22.1. The first-order chi connectivity index (χ1) is 9.11. The zero-order valence-corrected chi connectivity index (χ0v) is 11.0. The van der Waals surface area contributed by atoms with E-state index in [4.69, 9.17) is 9.84 Å². The average Bonchev–Trinajstić information content (AvgIpc) is 2.42. The number of phenols is 1. The van der Waals surface area contributed by atoms with Crippen molar-refractivity contribution in [3.8, 4) is 5.75 Å². The number of morpholine rings is 1. The van der Waals surface area contributed by atoms with E-state index in [-0.39, 0.29) is 11.8 Å². The van der Waals surface area contributed by atoms with Crippen molar-refractivity contribution in [1.82, 2.24) is 4.90 Å². The van der Waals surface area contributed by atoms with Gasteiger partial charge in [-0.25, -0.2) is 4.79 Å². The number of carbonyl (C=O) groups is 1. The number of carboxylic acid groups (broad SMARTS) is 1. The van der Waals surface area contributed by atoms with E-state index < -0.39 is 12.1 Å². The number of phenolic OH excluding ortho intramolecular Hbond substituents is 1. The lowest BCUT2D eigenvalue weighted by Crippen LogP contribution is -2.47. The molecule has 104 valence electrons. The summed E-state index contributed by atoms with van der Waals surface area (Å²) in [5, 5.41) is 18.4. The van der Waals surface area contributed by atoms with Crippen molar-refractivity contribution in [3.63, 3.8) is 0 Å². The molecular formula is C14H19NO4. The fourth-order valence-corrected chi connectivity index (χ4v) is 2.50. The number of nitrogens with zero attached hydrogens (tertiary/aromatic N) is 1. The van der Waals surface area contributed by atoms with Crippen molar-refractivity contribution in [1.29, 1.82) is 0 Å². The Labute approximate surface area is 112 Å². The molecule has 1 aliphatic heterocycles. The van der Waals surface area contributed by atoms with Crippen LogP contribution in [0, 0.1) is 0 Å². The molecule has 0 saturated carbocycles. The van der Waals surface area contributed by atoms with Crippen LogP contribution in [0.15, 0.2) is 24.3 Å². The van der Waals surface area contributed by atoms with Crippen LogP contribution in [0.2, 0.25) is 0 Å². The third kappa shape index (κ3) is 3.24. The summed E-state index contributed by atoms with van der Waals surface area (Å²) in [5.41, 5.74) is 1.09. The summed E-state index contributed by atoms with van der Waals surface area (Å²) >= 11 is 0. The molecule has 0 aliphatic carbocycles. The molecule has 2 rings (SSSR count). The van der Waals surface area contributed by atoms with Gasteiger partial charge in [-0.2, -0.15) is 0 Å². The lowest BCUT2D eigenvalue weighted by molar-refractivity contribution is -0.157. The fraction of sp³-hybridized carbons (Fsp3) is 0.500. The van der Waals surface area contributed by atoms with Crippen LogP contribution in [-0.2, 0) is 9.53 Å². The van der Waals surface area contributed by atoms with Gasteiger partial charge >= 0.3 is 5.97 Å². The molecule has 0 radical (unpaired) electrons. The molecule has 2 atom stereocenters. The second-order valence-corrected chi connectivity index (χ2v) is 4.71. The van der Waals surface area contributed by atoms with E-state index >= 15 is 0 Å². The van der Waals surface area contributed by atoms with Gasteiger partial charge in [0, 0.05) is 19.1 Å². The Morgan fingerprint density at radius 2 is 2.16 bits per heavy atom. The minimum atomic E-state index is -0.912. The first-order valence-corrected chi connectivity index (χ1v) is 6.49. The zero-order valence-electron chi connectivity index (χ0n) is 11.0. The third-order valence-electron chi connectivity index (χ3n) is 3.48. The van der Waals surface area contributed by atoms with E-state index in [2.05, 4.69) is 11.8 Å². The Balaban J connectivity index is 2.12. The third-order valence-corrected chi connectivity index (χ3v) is 3.48. The van der Waals surface area contributed by atoms with E-state index in [9.17, 15) is 9.90 Å². The van der Waals surface area contributed by atoms with Crippen LogP contribution in [0.3, 0.4) is 0 Å². The van der Waals surface area contributed by atoms with E-state index in [1.807, 2.05) is 12.1 Å². The van der Waals surface area contributed by atoms with E-state index in [1.54, 1.807) is 12.1 Å². The molecular weight excluding hydrogens is 246 g/mol. The summed E-state index contributed by atoms with van der Waals surface area (Å²) in [6, 6.07) is 7.25. The molecule has 0 amide bonds. The summed E-state index contributed by atoms with van der Waals surface area (Å²) in [6.07, 6.45) is 0.136. The van der Waals surface area contributed by atoms with Crippen LogP contribution in [0.1, 0.15) is 24.9 Å².